The molecule has 0 aromatic heterocycles. The first-order chi connectivity index (χ1) is 8.63. The van der Waals surface area contributed by atoms with Crippen molar-refractivity contribution in [3.63, 3.8) is 0 Å². The predicted octanol–water partition coefficient (Wildman–Crippen LogP) is 3.68. The molecule has 1 atom stereocenters. The van der Waals surface area contributed by atoms with Crippen molar-refractivity contribution < 1.29 is 9.13 Å². The van der Waals surface area contributed by atoms with Crippen molar-refractivity contribution >= 4 is 0 Å². The molecule has 0 aliphatic carbocycles. The van der Waals surface area contributed by atoms with Gasteiger partial charge in [-0.1, -0.05) is 32.9 Å². The van der Waals surface area contributed by atoms with E-state index in [0.717, 1.165) is 24.9 Å². The lowest BCUT2D eigenvalue weighted by Gasteiger charge is -2.39. The third-order valence-electron chi connectivity index (χ3n) is 3.74. The van der Waals surface area contributed by atoms with Gasteiger partial charge in [0.15, 0.2) is 0 Å². The van der Waals surface area contributed by atoms with E-state index in [2.05, 4.69) is 26.1 Å². The number of likely N-dealkylation sites (N-methyl/N-ethyl adjacent to an activating group) is 1. The molecule has 0 heterocycles. The molecule has 0 radical (unpaired) electrons. The number of rotatable bonds is 7. The lowest BCUT2D eigenvalue weighted by Crippen LogP contribution is -2.44. The smallest absolute Gasteiger partial charge is 0.123 e. The highest BCUT2D eigenvalue weighted by atomic mass is 19.1. The second-order valence-electron chi connectivity index (χ2n) is 4.52. The zero-order valence-electron chi connectivity index (χ0n) is 11.8. The summed E-state index contributed by atoms with van der Waals surface area (Å²) in [5.41, 5.74) is 0.831. The largest absolute Gasteiger partial charge is 0.376 e. The topological polar surface area (TPSA) is 21.3 Å². The second-order valence-corrected chi connectivity index (χ2v) is 4.52. The van der Waals surface area contributed by atoms with E-state index in [9.17, 15) is 4.39 Å². The van der Waals surface area contributed by atoms with E-state index in [1.165, 1.54) is 12.1 Å². The molecule has 0 saturated heterocycles. The maximum absolute atomic E-state index is 13.0. The molecule has 1 rings (SSSR count). The quantitative estimate of drug-likeness (QED) is 0.800. The Kier molecular flexibility index (Phi) is 5.76. The van der Waals surface area contributed by atoms with Gasteiger partial charge in [0.1, 0.15) is 5.82 Å². The highest BCUT2D eigenvalue weighted by Gasteiger charge is 2.36. The molecule has 0 bridgehead atoms. The summed E-state index contributed by atoms with van der Waals surface area (Å²) in [6.07, 6.45) is 1.82. The van der Waals surface area contributed by atoms with Gasteiger partial charge in [-0.05, 0) is 37.1 Å². The fourth-order valence-corrected chi connectivity index (χ4v) is 2.53. The van der Waals surface area contributed by atoms with Crippen LogP contribution in [-0.2, 0) is 4.74 Å². The maximum Gasteiger partial charge on any atom is 0.123 e. The molecule has 2 nitrogen and oxygen atoms in total. The SMILES string of the molecule is CCNC(c1ccc(F)cc1)C(CC)(CC)OC. The van der Waals surface area contributed by atoms with Crippen LogP contribution in [-0.4, -0.2) is 19.3 Å². The van der Waals surface area contributed by atoms with Crippen LogP contribution in [0.25, 0.3) is 0 Å². The lowest BCUT2D eigenvalue weighted by atomic mass is 9.83. The zero-order chi connectivity index (χ0) is 13.6. The summed E-state index contributed by atoms with van der Waals surface area (Å²) in [4.78, 5) is 0. The molecule has 0 aliphatic rings. The monoisotopic (exact) mass is 253 g/mol. The minimum atomic E-state index is -0.242. The van der Waals surface area contributed by atoms with E-state index < -0.39 is 0 Å². The molecular formula is C15H24FNO. The number of hydrogen-bond acceptors (Lipinski definition) is 2. The first-order valence-electron chi connectivity index (χ1n) is 6.67. The van der Waals surface area contributed by atoms with Crippen molar-refractivity contribution in [1.29, 1.82) is 0 Å². The Balaban J connectivity index is 3.11. The Hall–Kier alpha value is -0.930. The molecule has 1 unspecified atom stereocenters. The Morgan fingerprint density at radius 2 is 1.72 bits per heavy atom. The standard InChI is InChI=1S/C15H24FNO/c1-5-15(6-2,18-4)14(17-7-3)12-8-10-13(16)11-9-12/h8-11,14,17H,5-7H2,1-4H3. The average Bonchev–Trinajstić information content (AvgIpc) is 2.41. The Labute approximate surface area is 110 Å². The van der Waals surface area contributed by atoms with Crippen LogP contribution >= 0.6 is 0 Å². The highest BCUT2D eigenvalue weighted by molar-refractivity contribution is 5.23. The van der Waals surface area contributed by atoms with Crippen LogP contribution in [0.15, 0.2) is 24.3 Å². The fourth-order valence-electron chi connectivity index (χ4n) is 2.53. The zero-order valence-corrected chi connectivity index (χ0v) is 11.8. The second kappa shape index (κ2) is 6.86. The van der Waals surface area contributed by atoms with Gasteiger partial charge >= 0.3 is 0 Å². The number of hydrogen-bond donors (Lipinski definition) is 1. The van der Waals surface area contributed by atoms with Crippen LogP contribution in [0.1, 0.15) is 45.2 Å². The van der Waals surface area contributed by atoms with Crippen LogP contribution in [0, 0.1) is 5.82 Å². The predicted molar refractivity (Wildman–Crippen MR) is 73.1 cm³/mol. The molecule has 0 fully saturated rings. The lowest BCUT2D eigenvalue weighted by molar-refractivity contribution is -0.0482. The summed E-state index contributed by atoms with van der Waals surface area (Å²) in [6, 6.07) is 6.77. The van der Waals surface area contributed by atoms with Crippen molar-refractivity contribution in [3.8, 4) is 0 Å². The third kappa shape index (κ3) is 3.09. The molecule has 1 aromatic carbocycles. The first kappa shape index (κ1) is 15.1. The van der Waals surface area contributed by atoms with Crippen LogP contribution in [0.4, 0.5) is 4.39 Å². The van der Waals surface area contributed by atoms with Crippen molar-refractivity contribution in [2.75, 3.05) is 13.7 Å². The first-order valence-corrected chi connectivity index (χ1v) is 6.67. The van der Waals surface area contributed by atoms with E-state index >= 15 is 0 Å². The van der Waals surface area contributed by atoms with Crippen molar-refractivity contribution in [3.05, 3.63) is 35.6 Å². The maximum atomic E-state index is 13.0. The van der Waals surface area contributed by atoms with Gasteiger partial charge in [-0.2, -0.15) is 0 Å². The molecule has 0 saturated carbocycles. The van der Waals surface area contributed by atoms with Crippen LogP contribution in [0.3, 0.4) is 0 Å². The third-order valence-corrected chi connectivity index (χ3v) is 3.74. The molecule has 3 heteroatoms. The van der Waals surface area contributed by atoms with Gasteiger partial charge in [0.2, 0.25) is 0 Å². The summed E-state index contributed by atoms with van der Waals surface area (Å²) >= 11 is 0. The number of ether oxygens (including phenoxy) is 1. The normalized spacial score (nSPS) is 13.6. The van der Waals surface area contributed by atoms with Crippen LogP contribution in [0.2, 0.25) is 0 Å². The molecule has 18 heavy (non-hydrogen) atoms. The van der Waals surface area contributed by atoms with Gasteiger partial charge in [-0.3, -0.25) is 0 Å². The highest BCUT2D eigenvalue weighted by Crippen LogP contribution is 2.34. The molecule has 1 aromatic rings. The van der Waals surface area contributed by atoms with Crippen LogP contribution in [0.5, 0.6) is 0 Å². The molecular weight excluding hydrogens is 229 g/mol. The van der Waals surface area contributed by atoms with E-state index in [4.69, 9.17) is 4.74 Å². The Morgan fingerprint density at radius 3 is 2.11 bits per heavy atom. The summed E-state index contributed by atoms with van der Waals surface area (Å²) in [6.45, 7) is 7.18. The van der Waals surface area contributed by atoms with Gasteiger partial charge in [-0.25, -0.2) is 4.39 Å². The summed E-state index contributed by atoms with van der Waals surface area (Å²) < 4.78 is 18.8. The summed E-state index contributed by atoms with van der Waals surface area (Å²) in [5.74, 6) is -0.204. The number of methoxy groups -OCH3 is 1. The van der Waals surface area contributed by atoms with Crippen molar-refractivity contribution in [2.45, 2.75) is 45.3 Å². The van der Waals surface area contributed by atoms with Crippen molar-refractivity contribution in [2.24, 2.45) is 0 Å². The van der Waals surface area contributed by atoms with Gasteiger partial charge in [0, 0.05) is 7.11 Å². The van der Waals surface area contributed by atoms with Gasteiger partial charge < -0.3 is 10.1 Å². The minimum Gasteiger partial charge on any atom is -0.376 e. The van der Waals surface area contributed by atoms with E-state index in [1.807, 2.05) is 12.1 Å². The summed E-state index contributed by atoms with van der Waals surface area (Å²) in [5, 5.41) is 3.46. The van der Waals surface area contributed by atoms with E-state index in [-0.39, 0.29) is 17.5 Å². The van der Waals surface area contributed by atoms with Crippen molar-refractivity contribution in [1.82, 2.24) is 5.32 Å². The van der Waals surface area contributed by atoms with E-state index in [1.54, 1.807) is 7.11 Å². The van der Waals surface area contributed by atoms with Gasteiger partial charge in [0.25, 0.3) is 0 Å². The Morgan fingerprint density at radius 1 is 1.17 bits per heavy atom. The molecule has 1 N–H and O–H groups in total. The van der Waals surface area contributed by atoms with Gasteiger partial charge in [0.05, 0.1) is 11.6 Å². The molecule has 102 valence electrons. The number of nitrogens with one attached hydrogen (secondary N) is 1. The number of benzene rings is 1. The van der Waals surface area contributed by atoms with Crippen LogP contribution < -0.4 is 5.32 Å². The molecule has 0 spiro atoms. The molecule has 0 amide bonds. The van der Waals surface area contributed by atoms with Gasteiger partial charge in [-0.15, -0.1) is 0 Å². The fraction of sp³-hybridized carbons (Fsp3) is 0.600. The number of halogens is 1. The minimum absolute atomic E-state index is 0.0862. The van der Waals surface area contributed by atoms with E-state index in [0.29, 0.717) is 0 Å². The average molecular weight is 253 g/mol. The Bertz CT molecular complexity index is 338. The molecule has 0 aliphatic heterocycles. The summed E-state index contributed by atoms with van der Waals surface area (Å²) in [7, 11) is 1.75.